The summed E-state index contributed by atoms with van der Waals surface area (Å²) in [4.78, 5) is 17.2. The van der Waals surface area contributed by atoms with Crippen LogP contribution in [0, 0.1) is 0 Å². The van der Waals surface area contributed by atoms with E-state index in [0.29, 0.717) is 12.5 Å². The zero-order chi connectivity index (χ0) is 15.4. The average molecular weight is 300 g/mol. The summed E-state index contributed by atoms with van der Waals surface area (Å²) in [5.41, 5.74) is 7.14. The second-order valence-electron chi connectivity index (χ2n) is 5.22. The molecule has 1 saturated heterocycles. The summed E-state index contributed by atoms with van der Waals surface area (Å²) in [7, 11) is 1.89. The van der Waals surface area contributed by atoms with Crippen molar-refractivity contribution in [1.82, 2.24) is 24.6 Å². The fourth-order valence-corrected chi connectivity index (χ4v) is 2.42. The summed E-state index contributed by atoms with van der Waals surface area (Å²) in [6.45, 7) is 3.88. The van der Waals surface area contributed by atoms with Crippen molar-refractivity contribution < 1.29 is 0 Å². The second-order valence-corrected chi connectivity index (χ2v) is 5.22. The van der Waals surface area contributed by atoms with Crippen LogP contribution in [0.3, 0.4) is 0 Å². The van der Waals surface area contributed by atoms with Crippen LogP contribution in [0.1, 0.15) is 5.56 Å². The number of rotatable bonds is 3. The molecular weight excluding hydrogens is 280 g/mol. The van der Waals surface area contributed by atoms with Crippen molar-refractivity contribution in [2.45, 2.75) is 6.54 Å². The topological polar surface area (TPSA) is 88.5 Å². The van der Waals surface area contributed by atoms with E-state index in [1.807, 2.05) is 25.5 Å². The lowest BCUT2D eigenvalue weighted by atomic mass is 10.3. The molecule has 2 aromatic heterocycles. The monoisotopic (exact) mass is 300 g/mol. The SMILES string of the molecule is Cn1cc(CN=C(N)N2CCN(c3ncccn3)CC2)cn1. The Bertz CT molecular complexity index is 627. The van der Waals surface area contributed by atoms with Crippen molar-refractivity contribution in [3.8, 4) is 0 Å². The maximum Gasteiger partial charge on any atom is 0.225 e. The first-order valence-corrected chi connectivity index (χ1v) is 7.27. The van der Waals surface area contributed by atoms with Crippen LogP contribution >= 0.6 is 0 Å². The number of nitrogens with two attached hydrogens (primary N) is 1. The van der Waals surface area contributed by atoms with Crippen LogP contribution in [0.15, 0.2) is 35.8 Å². The highest BCUT2D eigenvalue weighted by Crippen LogP contribution is 2.09. The summed E-state index contributed by atoms with van der Waals surface area (Å²) in [5.74, 6) is 1.35. The number of guanidine groups is 1. The Hall–Kier alpha value is -2.64. The Balaban J connectivity index is 1.54. The third-order valence-electron chi connectivity index (χ3n) is 3.62. The van der Waals surface area contributed by atoms with Gasteiger partial charge in [0.1, 0.15) is 0 Å². The van der Waals surface area contributed by atoms with E-state index in [4.69, 9.17) is 5.73 Å². The summed E-state index contributed by atoms with van der Waals surface area (Å²) in [6.07, 6.45) is 7.28. The van der Waals surface area contributed by atoms with E-state index in [9.17, 15) is 0 Å². The van der Waals surface area contributed by atoms with Crippen LogP contribution in [-0.2, 0) is 13.6 Å². The fourth-order valence-electron chi connectivity index (χ4n) is 2.42. The van der Waals surface area contributed by atoms with Crippen molar-refractivity contribution in [2.75, 3.05) is 31.1 Å². The highest BCUT2D eigenvalue weighted by molar-refractivity contribution is 5.78. The van der Waals surface area contributed by atoms with E-state index >= 15 is 0 Å². The minimum absolute atomic E-state index is 0.557. The van der Waals surface area contributed by atoms with Gasteiger partial charge in [-0.25, -0.2) is 15.0 Å². The predicted molar refractivity (Wildman–Crippen MR) is 84.4 cm³/mol. The maximum atomic E-state index is 6.09. The summed E-state index contributed by atoms with van der Waals surface area (Å²) >= 11 is 0. The number of hydrogen-bond acceptors (Lipinski definition) is 5. The van der Waals surface area contributed by atoms with Crippen molar-refractivity contribution >= 4 is 11.9 Å². The molecule has 0 aromatic carbocycles. The smallest absolute Gasteiger partial charge is 0.225 e. The van der Waals surface area contributed by atoms with Crippen LogP contribution in [0.4, 0.5) is 5.95 Å². The van der Waals surface area contributed by atoms with Crippen molar-refractivity contribution in [1.29, 1.82) is 0 Å². The number of hydrogen-bond donors (Lipinski definition) is 1. The molecule has 0 bridgehead atoms. The zero-order valence-corrected chi connectivity index (χ0v) is 12.6. The molecule has 1 aliphatic rings. The van der Waals surface area contributed by atoms with Gasteiger partial charge in [-0.1, -0.05) is 0 Å². The Morgan fingerprint density at radius 2 is 1.95 bits per heavy atom. The first-order valence-electron chi connectivity index (χ1n) is 7.27. The van der Waals surface area contributed by atoms with E-state index in [1.54, 1.807) is 17.1 Å². The number of nitrogens with zero attached hydrogens (tertiary/aromatic N) is 7. The predicted octanol–water partition coefficient (Wildman–Crippen LogP) is -0.153. The maximum absolute atomic E-state index is 6.09. The van der Waals surface area contributed by atoms with Gasteiger partial charge in [0.2, 0.25) is 5.95 Å². The largest absolute Gasteiger partial charge is 0.370 e. The highest BCUT2D eigenvalue weighted by Gasteiger charge is 2.19. The molecule has 3 rings (SSSR count). The van der Waals surface area contributed by atoms with Gasteiger partial charge in [0, 0.05) is 57.4 Å². The lowest BCUT2D eigenvalue weighted by molar-refractivity contribution is 0.378. The normalized spacial score (nSPS) is 16.1. The van der Waals surface area contributed by atoms with E-state index in [1.165, 1.54) is 0 Å². The van der Waals surface area contributed by atoms with Gasteiger partial charge in [0.25, 0.3) is 0 Å². The van der Waals surface area contributed by atoms with Crippen molar-refractivity contribution in [2.24, 2.45) is 17.8 Å². The van der Waals surface area contributed by atoms with Gasteiger partial charge >= 0.3 is 0 Å². The van der Waals surface area contributed by atoms with E-state index < -0.39 is 0 Å². The van der Waals surface area contributed by atoms with Crippen LogP contribution < -0.4 is 10.6 Å². The van der Waals surface area contributed by atoms with Gasteiger partial charge < -0.3 is 15.5 Å². The Kier molecular flexibility index (Phi) is 4.17. The van der Waals surface area contributed by atoms with Gasteiger partial charge in [-0.05, 0) is 6.07 Å². The first-order chi connectivity index (χ1) is 10.7. The summed E-state index contributed by atoms with van der Waals surface area (Å²) in [6, 6.07) is 1.82. The number of aromatic nitrogens is 4. The number of piperazine rings is 1. The molecule has 0 radical (unpaired) electrons. The number of aryl methyl sites for hydroxylation is 1. The minimum atomic E-state index is 0.557. The summed E-state index contributed by atoms with van der Waals surface area (Å²) < 4.78 is 1.76. The molecule has 2 N–H and O–H groups in total. The Labute approximate surface area is 129 Å². The highest BCUT2D eigenvalue weighted by atomic mass is 15.4. The molecule has 0 atom stereocenters. The lowest BCUT2D eigenvalue weighted by Crippen LogP contribution is -2.51. The molecule has 8 heteroatoms. The van der Waals surface area contributed by atoms with E-state index in [-0.39, 0.29) is 0 Å². The molecule has 0 amide bonds. The first kappa shape index (κ1) is 14.3. The van der Waals surface area contributed by atoms with Gasteiger partial charge in [-0.2, -0.15) is 5.10 Å². The molecule has 1 fully saturated rings. The molecule has 1 aliphatic heterocycles. The fraction of sp³-hybridized carbons (Fsp3) is 0.429. The Morgan fingerprint density at radius 3 is 2.59 bits per heavy atom. The van der Waals surface area contributed by atoms with Gasteiger partial charge in [0.15, 0.2) is 5.96 Å². The molecule has 0 aliphatic carbocycles. The van der Waals surface area contributed by atoms with E-state index in [0.717, 1.165) is 37.7 Å². The van der Waals surface area contributed by atoms with E-state index in [2.05, 4.69) is 29.9 Å². The quantitative estimate of drug-likeness (QED) is 0.626. The molecule has 0 saturated carbocycles. The second kappa shape index (κ2) is 6.42. The lowest BCUT2D eigenvalue weighted by Gasteiger charge is -2.35. The van der Waals surface area contributed by atoms with Crippen LogP contribution in [0.2, 0.25) is 0 Å². The third kappa shape index (κ3) is 3.33. The zero-order valence-electron chi connectivity index (χ0n) is 12.6. The minimum Gasteiger partial charge on any atom is -0.370 e. The molecule has 0 spiro atoms. The van der Waals surface area contributed by atoms with Gasteiger partial charge in [-0.3, -0.25) is 4.68 Å². The van der Waals surface area contributed by atoms with Gasteiger partial charge in [-0.15, -0.1) is 0 Å². The molecule has 2 aromatic rings. The van der Waals surface area contributed by atoms with Gasteiger partial charge in [0.05, 0.1) is 12.7 Å². The summed E-state index contributed by atoms with van der Waals surface area (Å²) in [5, 5.41) is 4.12. The van der Waals surface area contributed by atoms with Crippen LogP contribution in [-0.4, -0.2) is 56.8 Å². The Morgan fingerprint density at radius 1 is 1.23 bits per heavy atom. The molecular formula is C14H20N8. The molecule has 8 nitrogen and oxygen atoms in total. The molecule has 22 heavy (non-hydrogen) atoms. The average Bonchev–Trinajstić information content (AvgIpc) is 2.99. The van der Waals surface area contributed by atoms with Crippen LogP contribution in [0.25, 0.3) is 0 Å². The van der Waals surface area contributed by atoms with Crippen molar-refractivity contribution in [3.05, 3.63) is 36.4 Å². The molecule has 3 heterocycles. The molecule has 0 unspecified atom stereocenters. The number of aliphatic imine (C=N–C) groups is 1. The van der Waals surface area contributed by atoms with Crippen molar-refractivity contribution in [3.63, 3.8) is 0 Å². The van der Waals surface area contributed by atoms with Crippen LogP contribution in [0.5, 0.6) is 0 Å². The molecule has 116 valence electrons. The number of anilines is 1. The third-order valence-corrected chi connectivity index (χ3v) is 3.62. The standard InChI is InChI=1S/C14H20N8/c1-20-11-12(10-19-20)9-18-13(15)21-5-7-22(8-6-21)14-16-3-2-4-17-14/h2-4,10-11H,5-9H2,1H3,(H2,15,18).